The molecular formula is C20H32N4O3. The van der Waals surface area contributed by atoms with Gasteiger partial charge in [-0.1, -0.05) is 13.8 Å². The van der Waals surface area contributed by atoms with Gasteiger partial charge in [0.05, 0.1) is 12.0 Å². The summed E-state index contributed by atoms with van der Waals surface area (Å²) in [6.45, 7) is 5.81. The maximum Gasteiger partial charge on any atom is 0.317 e. The van der Waals surface area contributed by atoms with Crippen LogP contribution in [0.25, 0.3) is 0 Å². The molecule has 3 rings (SSSR count). The first-order valence-corrected chi connectivity index (χ1v) is 10.2. The van der Waals surface area contributed by atoms with Crippen LogP contribution in [-0.2, 0) is 16.1 Å². The number of carbonyl (C=O) groups excluding carboxylic acids is 1. The number of rotatable bonds is 10. The SMILES string of the molecule is CC(C)CC[C@]1(C(=O)NCCCn2cccn2)C[C@H]2CC[C@@H]1N2CC(=O)O. The molecule has 27 heavy (non-hydrogen) atoms. The lowest BCUT2D eigenvalue weighted by Crippen LogP contribution is -2.50. The second-order valence-corrected chi connectivity index (χ2v) is 8.48. The Bertz CT molecular complexity index is 646. The quantitative estimate of drug-likeness (QED) is 0.611. The molecule has 3 atom stereocenters. The molecule has 0 saturated carbocycles. The van der Waals surface area contributed by atoms with Crippen molar-refractivity contribution < 1.29 is 14.7 Å². The maximum absolute atomic E-state index is 13.3. The maximum atomic E-state index is 13.3. The van der Waals surface area contributed by atoms with Crippen LogP contribution in [0.1, 0.15) is 52.4 Å². The minimum atomic E-state index is -0.800. The zero-order valence-electron chi connectivity index (χ0n) is 16.4. The number of hydrogen-bond acceptors (Lipinski definition) is 4. The Kier molecular flexibility index (Phi) is 6.19. The van der Waals surface area contributed by atoms with Crippen LogP contribution in [0.3, 0.4) is 0 Å². The fourth-order valence-electron chi connectivity index (χ4n) is 4.93. The van der Waals surface area contributed by atoms with E-state index in [9.17, 15) is 14.7 Å². The Morgan fingerprint density at radius 3 is 2.85 bits per heavy atom. The normalized spacial score (nSPS) is 27.4. The summed E-state index contributed by atoms with van der Waals surface area (Å²) in [5.74, 6) is -0.154. The summed E-state index contributed by atoms with van der Waals surface area (Å²) in [4.78, 5) is 26.6. The Hall–Kier alpha value is -1.89. The number of carboxylic acids is 1. The van der Waals surface area contributed by atoms with Crippen molar-refractivity contribution in [3.05, 3.63) is 18.5 Å². The van der Waals surface area contributed by atoms with Crippen molar-refractivity contribution >= 4 is 11.9 Å². The lowest BCUT2D eigenvalue weighted by molar-refractivity contribution is -0.140. The van der Waals surface area contributed by atoms with Gasteiger partial charge in [0.25, 0.3) is 0 Å². The Morgan fingerprint density at radius 2 is 2.19 bits per heavy atom. The van der Waals surface area contributed by atoms with Crippen molar-refractivity contribution in [1.29, 1.82) is 0 Å². The summed E-state index contributed by atoms with van der Waals surface area (Å²) in [5.41, 5.74) is -0.436. The van der Waals surface area contributed by atoms with Crippen molar-refractivity contribution in [3.63, 3.8) is 0 Å². The predicted molar refractivity (Wildman–Crippen MR) is 102 cm³/mol. The molecule has 150 valence electrons. The van der Waals surface area contributed by atoms with Gasteiger partial charge < -0.3 is 10.4 Å². The number of nitrogens with one attached hydrogen (secondary N) is 1. The van der Waals surface area contributed by atoms with E-state index >= 15 is 0 Å². The van der Waals surface area contributed by atoms with E-state index in [1.165, 1.54) is 0 Å². The van der Waals surface area contributed by atoms with Crippen molar-refractivity contribution in [1.82, 2.24) is 20.0 Å². The molecule has 3 heterocycles. The highest BCUT2D eigenvalue weighted by Crippen LogP contribution is 2.52. The molecular weight excluding hydrogens is 344 g/mol. The molecule has 0 aromatic carbocycles. The second-order valence-electron chi connectivity index (χ2n) is 8.48. The minimum absolute atomic E-state index is 0.0470. The first-order valence-electron chi connectivity index (χ1n) is 10.2. The number of nitrogens with zero attached hydrogens (tertiary/aromatic N) is 3. The van der Waals surface area contributed by atoms with Crippen LogP contribution in [-0.4, -0.2) is 56.8 Å². The van der Waals surface area contributed by atoms with E-state index in [4.69, 9.17) is 0 Å². The molecule has 2 N–H and O–H groups in total. The molecule has 1 amide bonds. The van der Waals surface area contributed by atoms with Gasteiger partial charge in [-0.25, -0.2) is 0 Å². The molecule has 2 fully saturated rings. The van der Waals surface area contributed by atoms with Gasteiger partial charge in [-0.2, -0.15) is 5.10 Å². The molecule has 0 radical (unpaired) electrons. The van der Waals surface area contributed by atoms with Gasteiger partial charge in [-0.15, -0.1) is 0 Å². The largest absolute Gasteiger partial charge is 0.480 e. The minimum Gasteiger partial charge on any atom is -0.480 e. The number of hydrogen-bond donors (Lipinski definition) is 2. The lowest BCUT2D eigenvalue weighted by Gasteiger charge is -2.37. The Labute approximate surface area is 161 Å². The van der Waals surface area contributed by atoms with Gasteiger partial charge >= 0.3 is 5.97 Å². The first kappa shape index (κ1) is 19.9. The molecule has 7 nitrogen and oxygen atoms in total. The van der Waals surface area contributed by atoms with Crippen molar-refractivity contribution in [3.8, 4) is 0 Å². The average Bonchev–Trinajstić information content (AvgIpc) is 3.33. The van der Waals surface area contributed by atoms with Crippen molar-refractivity contribution in [2.75, 3.05) is 13.1 Å². The van der Waals surface area contributed by atoms with E-state index in [1.54, 1.807) is 6.20 Å². The van der Waals surface area contributed by atoms with E-state index in [1.807, 2.05) is 16.9 Å². The highest BCUT2D eigenvalue weighted by molar-refractivity contribution is 5.84. The second kappa shape index (κ2) is 8.42. The van der Waals surface area contributed by atoms with Gasteiger partial charge in [-0.3, -0.25) is 19.2 Å². The standard InChI is InChI=1S/C20H32N4O3/c1-15(2)7-8-20(13-16-5-6-17(20)24(16)14-18(25)26)19(27)21-9-3-11-23-12-4-10-22-23/h4,10,12,15-17H,3,5-9,11,13-14H2,1-2H3,(H,21,27)(H,25,26)/t16-,17+,20+/m1/s1. The summed E-state index contributed by atoms with van der Waals surface area (Å²) in [6, 6.07) is 2.18. The molecule has 2 saturated heterocycles. The van der Waals surface area contributed by atoms with Crippen molar-refractivity contribution in [2.24, 2.45) is 11.3 Å². The third kappa shape index (κ3) is 4.34. The predicted octanol–water partition coefficient (Wildman–Crippen LogP) is 2.13. The molecule has 0 aliphatic carbocycles. The molecule has 0 spiro atoms. The van der Waals surface area contributed by atoms with Crippen LogP contribution in [0, 0.1) is 11.3 Å². The summed E-state index contributed by atoms with van der Waals surface area (Å²) in [6.07, 6.45) is 9.07. The molecule has 0 unspecified atom stereocenters. The number of carbonyl (C=O) groups is 2. The van der Waals surface area contributed by atoms with E-state index in [0.717, 1.165) is 45.1 Å². The summed E-state index contributed by atoms with van der Waals surface area (Å²) >= 11 is 0. The molecule has 1 aromatic rings. The van der Waals surface area contributed by atoms with E-state index in [2.05, 4.69) is 29.2 Å². The van der Waals surface area contributed by atoms with Crippen LogP contribution in [0.5, 0.6) is 0 Å². The van der Waals surface area contributed by atoms with Gasteiger partial charge in [0, 0.05) is 37.6 Å². The molecule has 2 aliphatic heterocycles. The molecule has 7 heteroatoms. The van der Waals surface area contributed by atoms with E-state index in [0.29, 0.717) is 12.5 Å². The highest BCUT2D eigenvalue weighted by atomic mass is 16.4. The average molecular weight is 377 g/mol. The molecule has 2 bridgehead atoms. The van der Waals surface area contributed by atoms with Crippen LogP contribution in [0.2, 0.25) is 0 Å². The number of aromatic nitrogens is 2. The fraction of sp³-hybridized carbons (Fsp3) is 0.750. The van der Waals surface area contributed by atoms with Gasteiger partial charge in [0.15, 0.2) is 0 Å². The summed E-state index contributed by atoms with van der Waals surface area (Å²) in [7, 11) is 0. The van der Waals surface area contributed by atoms with Gasteiger partial charge in [0.2, 0.25) is 5.91 Å². The third-order valence-electron chi connectivity index (χ3n) is 6.23. The number of fused-ring (bicyclic) bond motifs is 2. The zero-order chi connectivity index (χ0) is 19.4. The number of aliphatic carboxylic acids is 1. The Morgan fingerprint density at radius 1 is 1.37 bits per heavy atom. The number of carboxylic acid groups (broad SMARTS) is 1. The smallest absolute Gasteiger partial charge is 0.317 e. The number of aryl methyl sites for hydroxylation is 1. The van der Waals surface area contributed by atoms with Crippen molar-refractivity contribution in [2.45, 2.75) is 71.0 Å². The highest BCUT2D eigenvalue weighted by Gasteiger charge is 2.59. The van der Waals surface area contributed by atoms with Crippen LogP contribution in [0.15, 0.2) is 18.5 Å². The van der Waals surface area contributed by atoms with Gasteiger partial charge in [-0.05, 0) is 50.5 Å². The molecule has 1 aromatic heterocycles. The van der Waals surface area contributed by atoms with Crippen LogP contribution < -0.4 is 5.32 Å². The number of amides is 1. The Balaban J connectivity index is 1.64. The topological polar surface area (TPSA) is 87.5 Å². The van der Waals surface area contributed by atoms with Crippen LogP contribution >= 0.6 is 0 Å². The summed E-state index contributed by atoms with van der Waals surface area (Å²) in [5, 5.41) is 16.6. The van der Waals surface area contributed by atoms with Crippen LogP contribution in [0.4, 0.5) is 0 Å². The van der Waals surface area contributed by atoms with Gasteiger partial charge in [0.1, 0.15) is 0 Å². The summed E-state index contributed by atoms with van der Waals surface area (Å²) < 4.78 is 1.87. The lowest BCUT2D eigenvalue weighted by atomic mass is 9.69. The zero-order valence-corrected chi connectivity index (χ0v) is 16.4. The van der Waals surface area contributed by atoms with E-state index < -0.39 is 11.4 Å². The first-order chi connectivity index (χ1) is 12.9. The molecule has 2 aliphatic rings. The fourth-order valence-corrected chi connectivity index (χ4v) is 4.93. The third-order valence-corrected chi connectivity index (χ3v) is 6.23. The monoisotopic (exact) mass is 376 g/mol. The van der Waals surface area contributed by atoms with E-state index in [-0.39, 0.29) is 24.5 Å².